The minimum Gasteiger partial charge on any atom is -0.452 e. The Kier molecular flexibility index (Phi) is 5.32. The summed E-state index contributed by atoms with van der Waals surface area (Å²) in [5, 5.41) is 0.175. The molecule has 0 radical (unpaired) electrons. The molecule has 1 aliphatic heterocycles. The minimum atomic E-state index is -0.635. The first-order valence-electron chi connectivity index (χ1n) is 6.83. The Morgan fingerprint density at radius 3 is 2.64 bits per heavy atom. The van der Waals surface area contributed by atoms with Crippen molar-refractivity contribution in [1.82, 2.24) is 9.88 Å². The van der Waals surface area contributed by atoms with Crippen molar-refractivity contribution in [3.63, 3.8) is 0 Å². The normalized spacial score (nSPS) is 15.4. The molecule has 1 aromatic heterocycles. The lowest BCUT2D eigenvalue weighted by Crippen LogP contribution is -2.43. The van der Waals surface area contributed by atoms with Gasteiger partial charge in [-0.2, -0.15) is 0 Å². The molecule has 1 fully saturated rings. The van der Waals surface area contributed by atoms with E-state index in [0.717, 1.165) is 0 Å². The van der Waals surface area contributed by atoms with Crippen LogP contribution in [0, 0.1) is 5.92 Å². The van der Waals surface area contributed by atoms with E-state index in [1.165, 1.54) is 18.3 Å². The van der Waals surface area contributed by atoms with Crippen molar-refractivity contribution in [3.05, 3.63) is 29.0 Å². The fourth-order valence-corrected chi connectivity index (χ4v) is 2.42. The van der Waals surface area contributed by atoms with Gasteiger partial charge in [0.25, 0.3) is 5.91 Å². The number of esters is 1. The molecular formula is C14H16ClN3O4. The van der Waals surface area contributed by atoms with Crippen LogP contribution in [0.4, 0.5) is 0 Å². The summed E-state index contributed by atoms with van der Waals surface area (Å²) in [5.74, 6) is -1.46. The summed E-state index contributed by atoms with van der Waals surface area (Å²) in [6.07, 6.45) is 2.46. The molecule has 0 aliphatic carbocycles. The van der Waals surface area contributed by atoms with Crippen LogP contribution in [0.25, 0.3) is 0 Å². The third-order valence-electron chi connectivity index (χ3n) is 3.54. The number of primary amides is 1. The van der Waals surface area contributed by atoms with Crippen molar-refractivity contribution in [2.45, 2.75) is 12.8 Å². The Hall–Kier alpha value is -2.15. The highest BCUT2D eigenvalue weighted by Gasteiger charge is 2.26. The van der Waals surface area contributed by atoms with E-state index < -0.39 is 5.97 Å². The number of halogens is 1. The number of carbonyl (C=O) groups is 3. The lowest BCUT2D eigenvalue weighted by atomic mass is 9.96. The summed E-state index contributed by atoms with van der Waals surface area (Å²) in [5.41, 5.74) is 5.47. The number of carbonyl (C=O) groups excluding carboxylic acids is 3. The monoisotopic (exact) mass is 325 g/mol. The molecular weight excluding hydrogens is 310 g/mol. The summed E-state index contributed by atoms with van der Waals surface area (Å²) >= 11 is 5.68. The van der Waals surface area contributed by atoms with E-state index in [2.05, 4.69) is 4.98 Å². The van der Waals surface area contributed by atoms with Gasteiger partial charge in [0.1, 0.15) is 5.15 Å². The second kappa shape index (κ2) is 7.22. The maximum absolute atomic E-state index is 12.0. The number of pyridine rings is 1. The quantitative estimate of drug-likeness (QED) is 0.645. The van der Waals surface area contributed by atoms with Gasteiger partial charge in [0, 0.05) is 25.2 Å². The van der Waals surface area contributed by atoms with Crippen molar-refractivity contribution in [1.29, 1.82) is 0 Å². The molecule has 0 bridgehead atoms. The predicted molar refractivity (Wildman–Crippen MR) is 78.0 cm³/mol. The van der Waals surface area contributed by atoms with Gasteiger partial charge in [0.2, 0.25) is 5.91 Å². The SMILES string of the molecule is NC(=O)C1CCN(C(=O)COC(=O)c2ccnc(Cl)c2)CC1. The first-order chi connectivity index (χ1) is 10.5. The van der Waals surface area contributed by atoms with Crippen molar-refractivity contribution >= 4 is 29.4 Å². The summed E-state index contributed by atoms with van der Waals surface area (Å²) in [4.78, 5) is 40.1. The summed E-state index contributed by atoms with van der Waals surface area (Å²) in [6, 6.07) is 2.82. The second-order valence-electron chi connectivity index (χ2n) is 5.00. The number of ether oxygens (including phenoxy) is 1. The number of likely N-dealkylation sites (tertiary alicyclic amines) is 1. The third-order valence-corrected chi connectivity index (χ3v) is 3.75. The fraction of sp³-hybridized carbons (Fsp3) is 0.429. The number of rotatable bonds is 4. The van der Waals surface area contributed by atoms with Gasteiger partial charge in [-0.25, -0.2) is 9.78 Å². The van der Waals surface area contributed by atoms with Crippen LogP contribution >= 0.6 is 11.6 Å². The molecule has 1 aromatic rings. The predicted octanol–water partition coefficient (Wildman–Crippen LogP) is 0.616. The molecule has 22 heavy (non-hydrogen) atoms. The van der Waals surface area contributed by atoms with Gasteiger partial charge in [-0.05, 0) is 25.0 Å². The van der Waals surface area contributed by atoms with E-state index in [4.69, 9.17) is 22.1 Å². The zero-order valence-corrected chi connectivity index (χ0v) is 12.6. The number of piperidine rings is 1. The number of hydrogen-bond donors (Lipinski definition) is 1. The van der Waals surface area contributed by atoms with E-state index >= 15 is 0 Å². The van der Waals surface area contributed by atoms with Gasteiger partial charge in [-0.1, -0.05) is 11.6 Å². The van der Waals surface area contributed by atoms with Crippen molar-refractivity contribution in [2.75, 3.05) is 19.7 Å². The van der Waals surface area contributed by atoms with Gasteiger partial charge in [-0.3, -0.25) is 9.59 Å². The van der Waals surface area contributed by atoms with Gasteiger partial charge in [-0.15, -0.1) is 0 Å². The molecule has 0 aromatic carbocycles. The first-order valence-corrected chi connectivity index (χ1v) is 7.21. The van der Waals surface area contributed by atoms with Crippen LogP contribution in [-0.4, -0.2) is 47.4 Å². The number of nitrogens with zero attached hydrogens (tertiary/aromatic N) is 2. The Balaban J connectivity index is 1.81. The highest BCUT2D eigenvalue weighted by molar-refractivity contribution is 6.29. The third kappa shape index (κ3) is 4.17. The number of amides is 2. The number of nitrogens with two attached hydrogens (primary N) is 1. The van der Waals surface area contributed by atoms with Gasteiger partial charge < -0.3 is 15.4 Å². The second-order valence-corrected chi connectivity index (χ2v) is 5.39. The molecule has 2 amide bonds. The lowest BCUT2D eigenvalue weighted by Gasteiger charge is -2.30. The zero-order valence-electron chi connectivity index (χ0n) is 11.8. The molecule has 2 N–H and O–H groups in total. The molecule has 118 valence electrons. The van der Waals surface area contributed by atoms with Crippen molar-refractivity contribution < 1.29 is 19.1 Å². The molecule has 2 rings (SSSR count). The maximum atomic E-state index is 12.0. The zero-order chi connectivity index (χ0) is 16.1. The van der Waals surface area contributed by atoms with Gasteiger partial charge >= 0.3 is 5.97 Å². The molecule has 8 heteroatoms. The van der Waals surface area contributed by atoms with Gasteiger partial charge in [0.05, 0.1) is 5.56 Å². The van der Waals surface area contributed by atoms with Crippen LogP contribution in [0.1, 0.15) is 23.2 Å². The maximum Gasteiger partial charge on any atom is 0.338 e. The number of aromatic nitrogens is 1. The van der Waals surface area contributed by atoms with E-state index in [9.17, 15) is 14.4 Å². The van der Waals surface area contributed by atoms with Crippen LogP contribution in [-0.2, 0) is 14.3 Å². The summed E-state index contributed by atoms with van der Waals surface area (Å²) < 4.78 is 4.96. The van der Waals surface area contributed by atoms with E-state index in [-0.39, 0.29) is 35.1 Å². The highest BCUT2D eigenvalue weighted by atomic mass is 35.5. The Morgan fingerprint density at radius 1 is 1.36 bits per heavy atom. The van der Waals surface area contributed by atoms with E-state index in [1.54, 1.807) is 4.90 Å². The standard InChI is InChI=1S/C14H16ClN3O4/c15-11-7-10(1-4-17-11)14(21)22-8-12(19)18-5-2-9(3-6-18)13(16)20/h1,4,7,9H,2-3,5-6,8H2,(H2,16,20). The van der Waals surface area contributed by atoms with Crippen molar-refractivity contribution in [3.8, 4) is 0 Å². The van der Waals surface area contributed by atoms with Gasteiger partial charge in [0.15, 0.2) is 6.61 Å². The van der Waals surface area contributed by atoms with Crippen molar-refractivity contribution in [2.24, 2.45) is 11.7 Å². The molecule has 1 saturated heterocycles. The largest absolute Gasteiger partial charge is 0.452 e. The fourth-order valence-electron chi connectivity index (χ4n) is 2.24. The molecule has 7 nitrogen and oxygen atoms in total. The van der Waals surface area contributed by atoms with E-state index in [1.807, 2.05) is 0 Å². The highest BCUT2D eigenvalue weighted by Crippen LogP contribution is 2.16. The van der Waals surface area contributed by atoms with Crippen LogP contribution < -0.4 is 5.73 Å². The smallest absolute Gasteiger partial charge is 0.338 e. The van der Waals surface area contributed by atoms with E-state index in [0.29, 0.717) is 25.9 Å². The first kappa shape index (κ1) is 16.2. The number of hydrogen-bond acceptors (Lipinski definition) is 5. The molecule has 1 aliphatic rings. The Morgan fingerprint density at radius 2 is 2.05 bits per heavy atom. The lowest BCUT2D eigenvalue weighted by molar-refractivity contribution is -0.137. The minimum absolute atomic E-state index is 0.175. The van der Waals surface area contributed by atoms with Crippen LogP contribution in [0.3, 0.4) is 0 Å². The molecule has 2 heterocycles. The Bertz CT molecular complexity index is 585. The molecule has 0 atom stereocenters. The molecule has 0 spiro atoms. The topological polar surface area (TPSA) is 103 Å². The van der Waals surface area contributed by atoms with Crippen LogP contribution in [0.2, 0.25) is 5.15 Å². The average molecular weight is 326 g/mol. The molecule has 0 unspecified atom stereocenters. The Labute approximate surface area is 132 Å². The average Bonchev–Trinajstić information content (AvgIpc) is 2.52. The summed E-state index contributed by atoms with van der Waals surface area (Å²) in [6.45, 7) is 0.524. The van der Waals surface area contributed by atoms with Crippen LogP contribution in [0.5, 0.6) is 0 Å². The molecule has 0 saturated carbocycles. The van der Waals surface area contributed by atoms with Crippen LogP contribution in [0.15, 0.2) is 18.3 Å². The summed E-state index contributed by atoms with van der Waals surface area (Å²) in [7, 11) is 0.